The number of likely N-dealkylation sites (N-methyl/N-ethyl adjacent to an activating group) is 1. The lowest BCUT2D eigenvalue weighted by Crippen LogP contribution is -2.52. The molecule has 4 heteroatoms. The number of hydrogen-bond acceptors (Lipinski definition) is 3. The van der Waals surface area contributed by atoms with E-state index in [1.165, 1.54) is 25.7 Å². The first kappa shape index (κ1) is 27.3. The molecule has 1 heterocycles. The summed E-state index contributed by atoms with van der Waals surface area (Å²) in [6, 6.07) is -0.271. The van der Waals surface area contributed by atoms with Crippen LogP contribution in [0, 0.1) is 5.92 Å². The summed E-state index contributed by atoms with van der Waals surface area (Å²) in [7, 11) is 1.87. The van der Waals surface area contributed by atoms with E-state index in [9.17, 15) is 9.59 Å². The minimum absolute atomic E-state index is 0.0970. The molecule has 0 aromatic heterocycles. The molecule has 156 valence electrons. The molecule has 0 radical (unpaired) electrons. The zero-order valence-electron chi connectivity index (χ0n) is 18.9. The minimum atomic E-state index is -0.174. The van der Waals surface area contributed by atoms with E-state index in [0.717, 1.165) is 32.2 Å². The molecule has 1 amide bonds. The van der Waals surface area contributed by atoms with Crippen LogP contribution in [0.4, 0.5) is 0 Å². The molecule has 1 aliphatic heterocycles. The standard InChI is InChI=1S/C15H26N2O2.C3H8.2C2H6/c1-11(18)13-9-6-10-17(13)15(19)14(16-2)12-7-4-3-5-8-12;1-3-2;2*1-2/h12-14,16H,3-10H2,1-2H3;3H2,1-2H3;2*1-2H3. The molecule has 2 aliphatic rings. The van der Waals surface area contributed by atoms with Crippen LogP contribution < -0.4 is 5.32 Å². The highest BCUT2D eigenvalue weighted by Gasteiger charge is 2.37. The second-order valence-electron chi connectivity index (χ2n) is 6.67. The van der Waals surface area contributed by atoms with Gasteiger partial charge in [-0.25, -0.2) is 0 Å². The van der Waals surface area contributed by atoms with Gasteiger partial charge < -0.3 is 10.2 Å². The molecule has 0 spiro atoms. The molecule has 2 atom stereocenters. The summed E-state index contributed by atoms with van der Waals surface area (Å²) in [4.78, 5) is 26.2. The van der Waals surface area contributed by atoms with Crippen LogP contribution in [-0.4, -0.2) is 42.3 Å². The van der Waals surface area contributed by atoms with Crippen LogP contribution in [0.1, 0.15) is 99.8 Å². The number of likely N-dealkylation sites (tertiary alicyclic amines) is 1. The lowest BCUT2D eigenvalue weighted by molar-refractivity contribution is -0.140. The normalized spacial score (nSPS) is 20.5. The average molecular weight is 371 g/mol. The highest BCUT2D eigenvalue weighted by Crippen LogP contribution is 2.29. The van der Waals surface area contributed by atoms with Crippen molar-refractivity contribution in [3.05, 3.63) is 0 Å². The van der Waals surface area contributed by atoms with E-state index in [1.807, 2.05) is 39.6 Å². The van der Waals surface area contributed by atoms with Crippen molar-refractivity contribution in [3.8, 4) is 0 Å². The summed E-state index contributed by atoms with van der Waals surface area (Å²) in [6.45, 7) is 14.6. The largest absolute Gasteiger partial charge is 0.331 e. The molecular weight excluding hydrogens is 324 g/mol. The van der Waals surface area contributed by atoms with Crippen LogP contribution in [0.3, 0.4) is 0 Å². The van der Waals surface area contributed by atoms with Gasteiger partial charge in [0.1, 0.15) is 0 Å². The number of amides is 1. The summed E-state index contributed by atoms with van der Waals surface area (Å²) in [5.41, 5.74) is 0. The number of ketones is 1. The van der Waals surface area contributed by atoms with Crippen molar-refractivity contribution >= 4 is 11.7 Å². The van der Waals surface area contributed by atoms with Gasteiger partial charge in [0.05, 0.1) is 12.1 Å². The Balaban J connectivity index is 0. The maximum Gasteiger partial charge on any atom is 0.240 e. The van der Waals surface area contributed by atoms with Gasteiger partial charge in [-0.05, 0) is 45.6 Å². The molecule has 1 N–H and O–H groups in total. The number of carbonyl (C=O) groups excluding carboxylic acids is 2. The lowest BCUT2D eigenvalue weighted by Gasteiger charge is -2.33. The summed E-state index contributed by atoms with van der Waals surface area (Å²) < 4.78 is 0. The number of hydrogen-bond donors (Lipinski definition) is 1. The smallest absolute Gasteiger partial charge is 0.240 e. The van der Waals surface area contributed by atoms with Crippen molar-refractivity contribution in [2.24, 2.45) is 5.92 Å². The molecular formula is C22H46N2O2. The lowest BCUT2D eigenvalue weighted by atomic mass is 9.83. The van der Waals surface area contributed by atoms with Crippen molar-refractivity contribution in [2.75, 3.05) is 13.6 Å². The van der Waals surface area contributed by atoms with Crippen molar-refractivity contribution in [1.82, 2.24) is 10.2 Å². The molecule has 0 aromatic rings. The van der Waals surface area contributed by atoms with E-state index in [1.54, 1.807) is 6.92 Å². The predicted octanol–water partition coefficient (Wildman–Crippen LogP) is 5.20. The molecule has 2 unspecified atom stereocenters. The summed E-state index contributed by atoms with van der Waals surface area (Å²) >= 11 is 0. The highest BCUT2D eigenvalue weighted by molar-refractivity contribution is 5.90. The van der Waals surface area contributed by atoms with Crippen molar-refractivity contribution < 1.29 is 9.59 Å². The molecule has 1 aliphatic carbocycles. The van der Waals surface area contributed by atoms with Crippen LogP contribution in [0.5, 0.6) is 0 Å². The van der Waals surface area contributed by atoms with Crippen LogP contribution in [0.25, 0.3) is 0 Å². The van der Waals surface area contributed by atoms with Gasteiger partial charge in [-0.3, -0.25) is 9.59 Å². The van der Waals surface area contributed by atoms with Crippen molar-refractivity contribution in [1.29, 1.82) is 0 Å². The van der Waals surface area contributed by atoms with Crippen molar-refractivity contribution in [3.63, 3.8) is 0 Å². The third-order valence-corrected chi connectivity index (χ3v) is 4.70. The zero-order chi connectivity index (χ0) is 20.5. The van der Waals surface area contributed by atoms with E-state index in [4.69, 9.17) is 0 Å². The van der Waals surface area contributed by atoms with Gasteiger partial charge in [0.2, 0.25) is 5.91 Å². The quantitative estimate of drug-likeness (QED) is 0.739. The molecule has 1 saturated carbocycles. The van der Waals surface area contributed by atoms with Gasteiger partial charge in [-0.2, -0.15) is 0 Å². The van der Waals surface area contributed by atoms with Crippen LogP contribution in [-0.2, 0) is 9.59 Å². The molecule has 0 aromatic carbocycles. The highest BCUT2D eigenvalue weighted by atomic mass is 16.2. The Morgan fingerprint density at radius 2 is 1.46 bits per heavy atom. The summed E-state index contributed by atoms with van der Waals surface area (Å²) in [5, 5.41) is 3.21. The maximum atomic E-state index is 12.7. The Morgan fingerprint density at radius 3 is 1.88 bits per heavy atom. The van der Waals surface area contributed by atoms with Gasteiger partial charge in [0.25, 0.3) is 0 Å². The monoisotopic (exact) mass is 370 g/mol. The van der Waals surface area contributed by atoms with Gasteiger partial charge >= 0.3 is 0 Å². The van der Waals surface area contributed by atoms with E-state index in [2.05, 4.69) is 19.2 Å². The first-order chi connectivity index (χ1) is 12.6. The molecule has 1 saturated heterocycles. The van der Waals surface area contributed by atoms with Crippen LogP contribution in [0.15, 0.2) is 0 Å². The third kappa shape index (κ3) is 9.16. The maximum absolute atomic E-state index is 12.7. The van der Waals surface area contributed by atoms with E-state index < -0.39 is 0 Å². The van der Waals surface area contributed by atoms with Crippen molar-refractivity contribution in [2.45, 2.75) is 112 Å². The number of Topliss-reactive ketones (excluding diaryl/α,β-unsaturated/α-hetero) is 1. The Morgan fingerprint density at radius 1 is 0.962 bits per heavy atom. The predicted molar refractivity (Wildman–Crippen MR) is 113 cm³/mol. The summed E-state index contributed by atoms with van der Waals surface area (Å²) in [5.74, 6) is 0.718. The van der Waals surface area contributed by atoms with Crippen LogP contribution >= 0.6 is 0 Å². The Hall–Kier alpha value is -0.900. The van der Waals surface area contributed by atoms with Gasteiger partial charge in [-0.15, -0.1) is 0 Å². The fourth-order valence-corrected chi connectivity index (χ4v) is 3.66. The average Bonchev–Trinajstić information content (AvgIpc) is 3.17. The van der Waals surface area contributed by atoms with Gasteiger partial charge in [0.15, 0.2) is 5.78 Å². The first-order valence-corrected chi connectivity index (χ1v) is 11.0. The third-order valence-electron chi connectivity index (χ3n) is 4.70. The number of nitrogens with zero attached hydrogens (tertiary/aromatic N) is 1. The Bertz CT molecular complexity index is 352. The van der Waals surface area contributed by atoms with Gasteiger partial charge in [0, 0.05) is 6.54 Å². The molecule has 26 heavy (non-hydrogen) atoms. The fourth-order valence-electron chi connectivity index (χ4n) is 3.66. The Labute approximate surface area is 163 Å². The van der Waals surface area contributed by atoms with E-state index in [0.29, 0.717) is 5.92 Å². The second-order valence-corrected chi connectivity index (χ2v) is 6.67. The second kappa shape index (κ2) is 17.5. The van der Waals surface area contributed by atoms with Crippen LogP contribution in [0.2, 0.25) is 0 Å². The van der Waals surface area contributed by atoms with E-state index in [-0.39, 0.29) is 23.8 Å². The fraction of sp³-hybridized carbons (Fsp3) is 0.909. The number of nitrogens with one attached hydrogen (secondary N) is 1. The first-order valence-electron chi connectivity index (χ1n) is 11.0. The minimum Gasteiger partial charge on any atom is -0.331 e. The Kier molecular flexibility index (Phi) is 18.4. The van der Waals surface area contributed by atoms with Gasteiger partial charge in [-0.1, -0.05) is 67.2 Å². The topological polar surface area (TPSA) is 49.4 Å². The van der Waals surface area contributed by atoms with E-state index >= 15 is 0 Å². The molecule has 0 bridgehead atoms. The molecule has 2 fully saturated rings. The SMILES string of the molecule is CC.CC.CCC.CNC(C(=O)N1CCCC1C(C)=O)C1CCCCC1. The number of carbonyl (C=O) groups is 2. The zero-order valence-corrected chi connectivity index (χ0v) is 18.9. The molecule has 4 nitrogen and oxygen atoms in total. The summed E-state index contributed by atoms with van der Waals surface area (Å²) in [6.07, 6.45) is 9.06. The molecule has 2 rings (SSSR count). The number of rotatable bonds is 4.